The van der Waals surface area contributed by atoms with Crippen LogP contribution < -0.4 is 10.2 Å². The van der Waals surface area contributed by atoms with Gasteiger partial charge in [0.15, 0.2) is 0 Å². The predicted octanol–water partition coefficient (Wildman–Crippen LogP) is 3.35. The first-order valence-electron chi connectivity index (χ1n) is 8.55. The number of rotatable bonds is 3. The van der Waals surface area contributed by atoms with E-state index in [2.05, 4.69) is 10.2 Å². The normalized spacial score (nSPS) is 20.2. The van der Waals surface area contributed by atoms with Crippen molar-refractivity contribution in [2.75, 3.05) is 11.4 Å². The Balaban J connectivity index is 2.06. The smallest absolute Gasteiger partial charge is 0.407 e. The number of carbonyl (C=O) groups excluding carboxylic acids is 1. The number of nitriles is 1. The Kier molecular flexibility index (Phi) is 5.70. The lowest BCUT2D eigenvalue weighted by Crippen LogP contribution is -2.50. The zero-order valence-electron chi connectivity index (χ0n) is 15.5. The first kappa shape index (κ1) is 19.5. The van der Waals surface area contributed by atoms with Crippen molar-refractivity contribution >= 4 is 17.5 Å². The fraction of sp³-hybridized carbons (Fsp3) is 0.556. The number of carbonyl (C=O) groups is 1. The summed E-state index contributed by atoms with van der Waals surface area (Å²) in [4.78, 5) is 24.4. The summed E-state index contributed by atoms with van der Waals surface area (Å²) >= 11 is 0. The standard InChI is InChI=1S/C18H24N4O4/c1-12-9-14(20-17(23)26-18(2,3)4)7-8-21(12)16-6-5-15(22(24)25)10-13(16)11-19/h5-6,10,12,14H,7-9H2,1-4H3,(H,20,23). The van der Waals surface area contributed by atoms with Gasteiger partial charge in [0.05, 0.1) is 16.2 Å². The van der Waals surface area contributed by atoms with Crippen molar-refractivity contribution in [3.05, 3.63) is 33.9 Å². The highest BCUT2D eigenvalue weighted by atomic mass is 16.6. The van der Waals surface area contributed by atoms with E-state index in [9.17, 15) is 20.2 Å². The number of nitrogens with one attached hydrogen (secondary N) is 1. The number of nitro groups is 1. The number of anilines is 1. The van der Waals surface area contributed by atoms with E-state index in [-0.39, 0.29) is 23.3 Å². The summed E-state index contributed by atoms with van der Waals surface area (Å²) < 4.78 is 5.29. The largest absolute Gasteiger partial charge is 0.444 e. The molecule has 1 fully saturated rings. The molecule has 0 radical (unpaired) electrons. The van der Waals surface area contributed by atoms with Gasteiger partial charge in [-0.05, 0) is 46.6 Å². The lowest BCUT2D eigenvalue weighted by atomic mass is 9.96. The molecule has 0 saturated carbocycles. The van der Waals surface area contributed by atoms with E-state index in [4.69, 9.17) is 4.74 Å². The number of nitro benzene ring substituents is 1. The minimum absolute atomic E-state index is 0.0142. The van der Waals surface area contributed by atoms with Crippen LogP contribution in [0, 0.1) is 21.4 Å². The summed E-state index contributed by atoms with van der Waals surface area (Å²) in [7, 11) is 0. The van der Waals surface area contributed by atoms with Gasteiger partial charge in [0.25, 0.3) is 5.69 Å². The molecule has 2 rings (SSSR count). The van der Waals surface area contributed by atoms with Crippen molar-refractivity contribution in [1.82, 2.24) is 5.32 Å². The second-order valence-electron chi connectivity index (χ2n) is 7.48. The van der Waals surface area contributed by atoms with Crippen molar-refractivity contribution < 1.29 is 14.5 Å². The van der Waals surface area contributed by atoms with E-state index < -0.39 is 16.6 Å². The van der Waals surface area contributed by atoms with E-state index in [1.54, 1.807) is 6.07 Å². The molecule has 1 heterocycles. The van der Waals surface area contributed by atoms with Crippen molar-refractivity contribution in [2.45, 2.75) is 58.2 Å². The molecule has 1 saturated heterocycles. The summed E-state index contributed by atoms with van der Waals surface area (Å²) in [5, 5.41) is 23.1. The molecule has 26 heavy (non-hydrogen) atoms. The molecule has 0 spiro atoms. The number of nitrogens with zero attached hydrogens (tertiary/aromatic N) is 3. The molecule has 1 aromatic rings. The number of alkyl carbamates (subject to hydrolysis) is 1. The van der Waals surface area contributed by atoms with Crippen LogP contribution in [-0.4, -0.2) is 35.2 Å². The highest BCUT2D eigenvalue weighted by molar-refractivity contribution is 5.68. The highest BCUT2D eigenvalue weighted by Crippen LogP contribution is 2.30. The van der Waals surface area contributed by atoms with E-state index >= 15 is 0 Å². The summed E-state index contributed by atoms with van der Waals surface area (Å²) in [5.41, 5.74) is 0.321. The summed E-state index contributed by atoms with van der Waals surface area (Å²) in [6.07, 6.45) is 0.961. The number of ether oxygens (including phenoxy) is 1. The lowest BCUT2D eigenvalue weighted by molar-refractivity contribution is -0.384. The zero-order chi connectivity index (χ0) is 19.5. The molecule has 2 unspecified atom stereocenters. The maximum atomic E-state index is 11.9. The number of piperidine rings is 1. The molecule has 1 aliphatic rings. The maximum Gasteiger partial charge on any atom is 0.407 e. The highest BCUT2D eigenvalue weighted by Gasteiger charge is 2.29. The second-order valence-corrected chi connectivity index (χ2v) is 7.48. The van der Waals surface area contributed by atoms with Gasteiger partial charge in [-0.1, -0.05) is 0 Å². The van der Waals surface area contributed by atoms with Gasteiger partial charge in [-0.3, -0.25) is 10.1 Å². The van der Waals surface area contributed by atoms with Crippen LogP contribution in [0.2, 0.25) is 0 Å². The number of hydrogen-bond donors (Lipinski definition) is 1. The van der Waals surface area contributed by atoms with Crippen LogP contribution in [0.1, 0.15) is 46.1 Å². The van der Waals surface area contributed by atoms with Crippen molar-refractivity contribution in [1.29, 1.82) is 5.26 Å². The Labute approximate surface area is 152 Å². The van der Waals surface area contributed by atoms with Crippen LogP contribution in [0.3, 0.4) is 0 Å². The monoisotopic (exact) mass is 360 g/mol. The molecule has 0 bridgehead atoms. The van der Waals surface area contributed by atoms with E-state index in [1.807, 2.05) is 33.8 Å². The summed E-state index contributed by atoms with van der Waals surface area (Å²) in [6.45, 7) is 8.08. The third-order valence-electron chi connectivity index (χ3n) is 4.22. The quantitative estimate of drug-likeness (QED) is 0.654. The molecular formula is C18H24N4O4. The SMILES string of the molecule is CC1CC(NC(=O)OC(C)(C)C)CCN1c1ccc([N+](=O)[O-])cc1C#N. The van der Waals surface area contributed by atoms with Crippen LogP contribution >= 0.6 is 0 Å². The first-order valence-corrected chi connectivity index (χ1v) is 8.55. The summed E-state index contributed by atoms with van der Waals surface area (Å²) in [5.74, 6) is 0. The number of non-ortho nitro benzene ring substituents is 1. The van der Waals surface area contributed by atoms with Crippen LogP contribution in [0.25, 0.3) is 0 Å². The Bertz CT molecular complexity index is 736. The first-order chi connectivity index (χ1) is 12.1. The van der Waals surface area contributed by atoms with Crippen molar-refractivity contribution in [3.63, 3.8) is 0 Å². The van der Waals surface area contributed by atoms with Gasteiger partial charge in [-0.2, -0.15) is 5.26 Å². The number of benzene rings is 1. The van der Waals surface area contributed by atoms with Gasteiger partial charge >= 0.3 is 6.09 Å². The van der Waals surface area contributed by atoms with Crippen molar-refractivity contribution in [3.8, 4) is 6.07 Å². The van der Waals surface area contributed by atoms with E-state index in [1.165, 1.54) is 12.1 Å². The molecular weight excluding hydrogens is 336 g/mol. The van der Waals surface area contributed by atoms with Gasteiger partial charge in [-0.15, -0.1) is 0 Å². The molecule has 1 aliphatic heterocycles. The van der Waals surface area contributed by atoms with Crippen LogP contribution in [0.15, 0.2) is 18.2 Å². The molecule has 8 nitrogen and oxygen atoms in total. The molecule has 1 N–H and O–H groups in total. The Morgan fingerprint density at radius 3 is 2.69 bits per heavy atom. The minimum atomic E-state index is -0.545. The number of amides is 1. The average Bonchev–Trinajstić information content (AvgIpc) is 2.52. The van der Waals surface area contributed by atoms with Crippen LogP contribution in [0.5, 0.6) is 0 Å². The fourth-order valence-electron chi connectivity index (χ4n) is 3.11. The van der Waals surface area contributed by atoms with Gasteiger partial charge in [0.2, 0.25) is 0 Å². The predicted molar refractivity (Wildman–Crippen MR) is 97.0 cm³/mol. The molecule has 2 atom stereocenters. The zero-order valence-corrected chi connectivity index (χ0v) is 15.5. The second kappa shape index (κ2) is 7.60. The van der Waals surface area contributed by atoms with E-state index in [0.717, 1.165) is 0 Å². The molecule has 8 heteroatoms. The lowest BCUT2D eigenvalue weighted by Gasteiger charge is -2.39. The fourth-order valence-corrected chi connectivity index (χ4v) is 3.11. The average molecular weight is 360 g/mol. The maximum absolute atomic E-state index is 11.9. The minimum Gasteiger partial charge on any atom is -0.444 e. The van der Waals surface area contributed by atoms with Gasteiger partial charge in [0, 0.05) is 30.8 Å². The third-order valence-corrected chi connectivity index (χ3v) is 4.22. The molecule has 1 aromatic carbocycles. The van der Waals surface area contributed by atoms with Crippen LogP contribution in [0.4, 0.5) is 16.2 Å². The molecule has 1 amide bonds. The molecule has 0 aliphatic carbocycles. The molecule has 140 valence electrons. The Morgan fingerprint density at radius 2 is 2.15 bits per heavy atom. The van der Waals surface area contributed by atoms with Gasteiger partial charge < -0.3 is 15.0 Å². The Hall–Kier alpha value is -2.82. The Morgan fingerprint density at radius 1 is 1.46 bits per heavy atom. The van der Waals surface area contributed by atoms with E-state index in [0.29, 0.717) is 25.1 Å². The summed E-state index contributed by atoms with van der Waals surface area (Å²) in [6, 6.07) is 6.42. The molecule has 0 aromatic heterocycles. The third kappa shape index (κ3) is 4.85. The van der Waals surface area contributed by atoms with Gasteiger partial charge in [-0.25, -0.2) is 4.79 Å². The van der Waals surface area contributed by atoms with Gasteiger partial charge in [0.1, 0.15) is 11.7 Å². The number of hydrogen-bond acceptors (Lipinski definition) is 6. The van der Waals surface area contributed by atoms with Crippen molar-refractivity contribution in [2.24, 2.45) is 0 Å². The topological polar surface area (TPSA) is 108 Å². The van der Waals surface area contributed by atoms with Crippen LogP contribution in [-0.2, 0) is 4.74 Å².